The fourth-order valence-corrected chi connectivity index (χ4v) is 3.12. The number of hydrogen-bond acceptors (Lipinski definition) is 2. The summed E-state index contributed by atoms with van der Waals surface area (Å²) in [6, 6.07) is 12.3. The molecule has 3 nitrogen and oxygen atoms in total. The van der Waals surface area contributed by atoms with Crippen LogP contribution in [0.25, 0.3) is 12.2 Å². The topological polar surface area (TPSA) is 54.4 Å². The van der Waals surface area contributed by atoms with Crippen LogP contribution in [0.5, 0.6) is 0 Å². The predicted molar refractivity (Wildman–Crippen MR) is 87.0 cm³/mol. The highest BCUT2D eigenvalue weighted by Gasteiger charge is 2.14. The van der Waals surface area contributed by atoms with E-state index in [1.54, 1.807) is 24.3 Å². The molecule has 1 N–H and O–H groups in total. The van der Waals surface area contributed by atoms with Gasteiger partial charge in [-0.1, -0.05) is 62.2 Å². The normalized spacial score (nSPS) is 11.9. The number of rotatable bonds is 3. The Balaban J connectivity index is 2.41. The number of halogens is 2. The first-order chi connectivity index (χ1) is 9.36. The quantitative estimate of drug-likeness (QED) is 0.585. The van der Waals surface area contributed by atoms with Crippen molar-refractivity contribution in [2.45, 2.75) is 4.90 Å². The van der Waals surface area contributed by atoms with E-state index in [1.165, 1.54) is 6.07 Å². The largest absolute Gasteiger partial charge is 0.295 e. The van der Waals surface area contributed by atoms with E-state index in [-0.39, 0.29) is 4.90 Å². The second-order valence-corrected chi connectivity index (χ2v) is 7.26. The molecule has 0 radical (unpaired) electrons. The lowest BCUT2D eigenvalue weighted by Crippen LogP contribution is -2.00. The maximum Gasteiger partial charge on any atom is 0.295 e. The molecular weight excluding hydrogens is 408 g/mol. The first-order valence-corrected chi connectivity index (χ1v) is 8.59. The molecule has 0 bridgehead atoms. The van der Waals surface area contributed by atoms with Gasteiger partial charge >= 0.3 is 0 Å². The van der Waals surface area contributed by atoms with Crippen molar-refractivity contribution < 1.29 is 13.0 Å². The van der Waals surface area contributed by atoms with Crippen molar-refractivity contribution in [3.05, 3.63) is 62.5 Å². The minimum Gasteiger partial charge on any atom is -0.282 e. The zero-order chi connectivity index (χ0) is 14.8. The number of benzene rings is 2. The zero-order valence-corrected chi connectivity index (χ0v) is 14.1. The maximum atomic E-state index is 11.4. The molecule has 0 atom stereocenters. The molecule has 0 amide bonds. The third-order valence-electron chi connectivity index (χ3n) is 2.58. The molecule has 0 aliphatic rings. The summed E-state index contributed by atoms with van der Waals surface area (Å²) in [5.74, 6) is 0. The fraction of sp³-hybridized carbons (Fsp3) is 0. The van der Waals surface area contributed by atoms with E-state index in [4.69, 9.17) is 0 Å². The van der Waals surface area contributed by atoms with Crippen LogP contribution in [0.15, 0.2) is 56.3 Å². The molecule has 0 aromatic heterocycles. The Morgan fingerprint density at radius 1 is 0.900 bits per heavy atom. The zero-order valence-electron chi connectivity index (χ0n) is 10.1. The monoisotopic (exact) mass is 416 g/mol. The summed E-state index contributed by atoms with van der Waals surface area (Å²) in [5, 5.41) is 0. The van der Waals surface area contributed by atoms with Crippen LogP contribution in [0.2, 0.25) is 0 Å². The molecule has 2 rings (SSSR count). The molecule has 104 valence electrons. The summed E-state index contributed by atoms with van der Waals surface area (Å²) in [5.41, 5.74) is 1.36. The summed E-state index contributed by atoms with van der Waals surface area (Å²) in [7, 11) is -4.26. The van der Waals surface area contributed by atoms with Crippen LogP contribution >= 0.6 is 31.9 Å². The first-order valence-electron chi connectivity index (χ1n) is 5.57. The first kappa shape index (κ1) is 15.4. The predicted octanol–water partition coefficient (Wildman–Crippen LogP) is 4.63. The van der Waals surface area contributed by atoms with E-state index >= 15 is 0 Å². The lowest BCUT2D eigenvalue weighted by atomic mass is 10.1. The van der Waals surface area contributed by atoms with Gasteiger partial charge in [0.2, 0.25) is 0 Å². The summed E-state index contributed by atoms with van der Waals surface area (Å²) >= 11 is 6.53. The van der Waals surface area contributed by atoms with Crippen molar-refractivity contribution >= 4 is 54.1 Å². The van der Waals surface area contributed by atoms with E-state index in [0.717, 1.165) is 10.0 Å². The van der Waals surface area contributed by atoms with Gasteiger partial charge in [-0.2, -0.15) is 8.42 Å². The fourth-order valence-electron chi connectivity index (χ4n) is 1.63. The highest BCUT2D eigenvalue weighted by Crippen LogP contribution is 2.23. The molecule has 0 unspecified atom stereocenters. The molecular formula is C14H10Br2O3S. The standard InChI is InChI=1S/C14H10Br2O3S/c15-12-6-2-10(3-7-12)1-4-11-5-8-13(16)9-14(11)20(17,18)19/h1-9H,(H,17,18,19)/b4-1+. The van der Waals surface area contributed by atoms with E-state index < -0.39 is 10.1 Å². The molecule has 2 aromatic carbocycles. The van der Waals surface area contributed by atoms with Crippen LogP contribution in [0, 0.1) is 0 Å². The summed E-state index contributed by atoms with van der Waals surface area (Å²) in [4.78, 5) is -0.125. The van der Waals surface area contributed by atoms with Gasteiger partial charge in [0.05, 0.1) is 0 Å². The van der Waals surface area contributed by atoms with Gasteiger partial charge in [0, 0.05) is 8.95 Å². The van der Waals surface area contributed by atoms with Crippen molar-refractivity contribution in [2.75, 3.05) is 0 Å². The van der Waals surface area contributed by atoms with Gasteiger partial charge in [0.1, 0.15) is 4.90 Å². The van der Waals surface area contributed by atoms with Gasteiger partial charge < -0.3 is 0 Å². The second-order valence-electron chi connectivity index (χ2n) is 4.04. The summed E-state index contributed by atoms with van der Waals surface area (Å²) in [6.07, 6.45) is 3.43. The van der Waals surface area contributed by atoms with Crippen LogP contribution in [0.4, 0.5) is 0 Å². The Morgan fingerprint density at radius 3 is 2.10 bits per heavy atom. The molecule has 0 saturated heterocycles. The molecule has 0 spiro atoms. The Labute approximate surface area is 134 Å². The van der Waals surface area contributed by atoms with Gasteiger partial charge in [-0.05, 0) is 35.4 Å². The van der Waals surface area contributed by atoms with Gasteiger partial charge in [-0.25, -0.2) is 0 Å². The van der Waals surface area contributed by atoms with E-state index in [1.807, 2.05) is 24.3 Å². The van der Waals surface area contributed by atoms with Crippen LogP contribution in [-0.4, -0.2) is 13.0 Å². The van der Waals surface area contributed by atoms with Gasteiger partial charge in [0.15, 0.2) is 0 Å². The van der Waals surface area contributed by atoms with Crippen molar-refractivity contribution in [1.29, 1.82) is 0 Å². The minimum atomic E-state index is -4.26. The SMILES string of the molecule is O=S(=O)(O)c1cc(Br)ccc1/C=C/c1ccc(Br)cc1. The second kappa shape index (κ2) is 6.22. The smallest absolute Gasteiger partial charge is 0.282 e. The molecule has 0 aliphatic heterocycles. The van der Waals surface area contributed by atoms with Gasteiger partial charge in [-0.3, -0.25) is 4.55 Å². The molecule has 0 fully saturated rings. The third kappa shape index (κ3) is 4.02. The van der Waals surface area contributed by atoms with Crippen LogP contribution < -0.4 is 0 Å². The molecule has 20 heavy (non-hydrogen) atoms. The van der Waals surface area contributed by atoms with Crippen molar-refractivity contribution in [1.82, 2.24) is 0 Å². The lowest BCUT2D eigenvalue weighted by molar-refractivity contribution is 0.483. The Kier molecular flexibility index (Phi) is 4.80. The van der Waals surface area contributed by atoms with Crippen molar-refractivity contribution in [2.24, 2.45) is 0 Å². The third-order valence-corrected chi connectivity index (χ3v) is 4.51. The highest BCUT2D eigenvalue weighted by atomic mass is 79.9. The molecule has 0 heterocycles. The summed E-state index contributed by atoms with van der Waals surface area (Å²) < 4.78 is 33.5. The minimum absolute atomic E-state index is 0.125. The van der Waals surface area contributed by atoms with Crippen LogP contribution in [0.1, 0.15) is 11.1 Å². The lowest BCUT2D eigenvalue weighted by Gasteiger charge is -2.03. The molecule has 2 aromatic rings. The average molecular weight is 418 g/mol. The molecule has 6 heteroatoms. The Morgan fingerprint density at radius 2 is 1.50 bits per heavy atom. The van der Waals surface area contributed by atoms with Gasteiger partial charge in [0.25, 0.3) is 10.1 Å². The molecule has 0 saturated carbocycles. The number of hydrogen-bond donors (Lipinski definition) is 1. The van der Waals surface area contributed by atoms with Crippen LogP contribution in [0.3, 0.4) is 0 Å². The highest BCUT2D eigenvalue weighted by molar-refractivity contribution is 9.10. The Bertz CT molecular complexity index is 750. The van der Waals surface area contributed by atoms with Crippen molar-refractivity contribution in [3.63, 3.8) is 0 Å². The van der Waals surface area contributed by atoms with E-state index in [0.29, 0.717) is 10.0 Å². The van der Waals surface area contributed by atoms with Gasteiger partial charge in [-0.15, -0.1) is 0 Å². The van der Waals surface area contributed by atoms with E-state index in [2.05, 4.69) is 31.9 Å². The van der Waals surface area contributed by atoms with Crippen LogP contribution in [-0.2, 0) is 10.1 Å². The molecule has 0 aliphatic carbocycles. The summed E-state index contributed by atoms with van der Waals surface area (Å²) in [6.45, 7) is 0. The maximum absolute atomic E-state index is 11.4. The Hall–Kier alpha value is -0.950. The van der Waals surface area contributed by atoms with E-state index in [9.17, 15) is 13.0 Å². The average Bonchev–Trinajstić information content (AvgIpc) is 2.38. The van der Waals surface area contributed by atoms with Crippen molar-refractivity contribution in [3.8, 4) is 0 Å².